The molecule has 2 nitrogen and oxygen atoms in total. The first-order chi connectivity index (χ1) is 8.75. The zero-order valence-corrected chi connectivity index (χ0v) is 10.8. The number of hydrogen-bond donors (Lipinski definition) is 2. The largest absolute Gasteiger partial charge is 0.391 e. The van der Waals surface area contributed by atoms with E-state index in [1.165, 1.54) is 0 Å². The summed E-state index contributed by atoms with van der Waals surface area (Å²) in [4.78, 5) is 0. The van der Waals surface area contributed by atoms with Gasteiger partial charge in [0.25, 0.3) is 0 Å². The quantitative estimate of drug-likeness (QED) is 0.643. The predicted octanol–water partition coefficient (Wildman–Crippen LogP) is 3.04. The fourth-order valence-corrected chi connectivity index (χ4v) is 1.76. The van der Waals surface area contributed by atoms with Gasteiger partial charge in [0, 0.05) is 11.6 Å². The van der Waals surface area contributed by atoms with Crippen LogP contribution in [0.5, 0.6) is 0 Å². The van der Waals surface area contributed by atoms with Crippen molar-refractivity contribution in [2.75, 3.05) is 0 Å². The van der Waals surface area contributed by atoms with Gasteiger partial charge in [-0.15, -0.1) is 0 Å². The summed E-state index contributed by atoms with van der Waals surface area (Å²) in [5, 5.41) is 9.75. The third-order valence-electron chi connectivity index (χ3n) is 2.93. The summed E-state index contributed by atoms with van der Waals surface area (Å²) in [7, 11) is 0. The van der Waals surface area contributed by atoms with E-state index < -0.39 is 41.0 Å². The maximum Gasteiger partial charge on any atom is 0.166 e. The minimum absolute atomic E-state index is 0.112. The first-order valence-corrected chi connectivity index (χ1v) is 6.02. The summed E-state index contributed by atoms with van der Waals surface area (Å²) in [5.41, 5.74) is 4.55. The summed E-state index contributed by atoms with van der Waals surface area (Å²) in [6.07, 6.45) is -0.501. The second kappa shape index (κ2) is 6.34. The normalized spacial score (nSPS) is 14.8. The van der Waals surface area contributed by atoms with Gasteiger partial charge in [-0.05, 0) is 18.8 Å². The second-order valence-electron chi connectivity index (χ2n) is 4.95. The molecule has 0 aromatic heterocycles. The van der Waals surface area contributed by atoms with Gasteiger partial charge in [-0.3, -0.25) is 0 Å². The summed E-state index contributed by atoms with van der Waals surface area (Å²) in [6.45, 7) is 3.81. The van der Waals surface area contributed by atoms with Crippen LogP contribution in [0.15, 0.2) is 6.07 Å². The molecule has 0 saturated carbocycles. The van der Waals surface area contributed by atoms with Crippen molar-refractivity contribution >= 4 is 0 Å². The smallest absolute Gasteiger partial charge is 0.166 e. The number of nitrogens with two attached hydrogens (primary N) is 1. The van der Waals surface area contributed by atoms with Crippen LogP contribution >= 0.6 is 0 Å². The lowest BCUT2D eigenvalue weighted by atomic mass is 9.95. The van der Waals surface area contributed by atoms with Gasteiger partial charge in [0.15, 0.2) is 23.3 Å². The molecule has 1 aromatic carbocycles. The molecule has 0 radical (unpaired) electrons. The monoisotopic (exact) mass is 279 g/mol. The average Bonchev–Trinajstić information content (AvgIpc) is 2.33. The Kier molecular flexibility index (Phi) is 5.31. The minimum atomic E-state index is -1.56. The molecule has 0 heterocycles. The molecule has 0 amide bonds. The lowest BCUT2D eigenvalue weighted by molar-refractivity contribution is 0.124. The Balaban J connectivity index is 3.02. The number of benzene rings is 1. The highest BCUT2D eigenvalue weighted by molar-refractivity contribution is 5.26. The van der Waals surface area contributed by atoms with E-state index in [2.05, 4.69) is 0 Å². The fourth-order valence-electron chi connectivity index (χ4n) is 1.76. The van der Waals surface area contributed by atoms with E-state index >= 15 is 0 Å². The molecule has 1 rings (SSSR count). The van der Waals surface area contributed by atoms with Gasteiger partial charge in [0.05, 0.1) is 12.1 Å². The highest BCUT2D eigenvalue weighted by atomic mass is 19.2. The van der Waals surface area contributed by atoms with Crippen molar-refractivity contribution in [3.05, 3.63) is 34.9 Å². The van der Waals surface area contributed by atoms with E-state index in [0.29, 0.717) is 6.42 Å². The SMILES string of the molecule is CC(C)CC[C@H](O)[C@H](N)c1c(F)c(F)cc(F)c1F. The zero-order chi connectivity index (χ0) is 14.7. The first-order valence-electron chi connectivity index (χ1n) is 6.02. The van der Waals surface area contributed by atoms with Gasteiger partial charge >= 0.3 is 0 Å². The Labute approximate surface area is 109 Å². The van der Waals surface area contributed by atoms with E-state index in [-0.39, 0.29) is 18.4 Å². The van der Waals surface area contributed by atoms with Gasteiger partial charge < -0.3 is 10.8 Å². The van der Waals surface area contributed by atoms with Crippen LogP contribution in [0.2, 0.25) is 0 Å². The molecule has 108 valence electrons. The van der Waals surface area contributed by atoms with E-state index in [1.54, 1.807) is 0 Å². The van der Waals surface area contributed by atoms with Gasteiger partial charge in [-0.1, -0.05) is 13.8 Å². The van der Waals surface area contributed by atoms with Crippen LogP contribution in [0, 0.1) is 29.2 Å². The number of halogens is 4. The van der Waals surface area contributed by atoms with E-state index in [1.807, 2.05) is 13.8 Å². The Morgan fingerprint density at radius 2 is 1.53 bits per heavy atom. The number of rotatable bonds is 5. The van der Waals surface area contributed by atoms with Crippen molar-refractivity contribution in [2.24, 2.45) is 11.7 Å². The van der Waals surface area contributed by atoms with Crippen LogP contribution in [-0.4, -0.2) is 11.2 Å². The fraction of sp³-hybridized carbons (Fsp3) is 0.538. The standard InChI is InChI=1S/C13H17F4NO/c1-6(2)3-4-9(19)13(18)10-11(16)7(14)5-8(15)12(10)17/h5-6,9,13,19H,3-4,18H2,1-2H3/t9-,13-/m0/s1. The van der Waals surface area contributed by atoms with E-state index in [9.17, 15) is 22.7 Å². The van der Waals surface area contributed by atoms with Gasteiger partial charge in [-0.2, -0.15) is 0 Å². The van der Waals surface area contributed by atoms with Crippen molar-refractivity contribution in [3.63, 3.8) is 0 Å². The highest BCUT2D eigenvalue weighted by Crippen LogP contribution is 2.27. The van der Waals surface area contributed by atoms with Crippen LogP contribution in [0.25, 0.3) is 0 Å². The molecule has 0 aliphatic rings. The summed E-state index contributed by atoms with van der Waals surface area (Å²) in [6, 6.07) is -1.40. The third kappa shape index (κ3) is 3.67. The van der Waals surface area contributed by atoms with Crippen molar-refractivity contribution in [2.45, 2.75) is 38.8 Å². The topological polar surface area (TPSA) is 46.2 Å². The molecule has 0 unspecified atom stereocenters. The molecular weight excluding hydrogens is 262 g/mol. The Bertz CT molecular complexity index is 425. The summed E-state index contributed by atoms with van der Waals surface area (Å²) < 4.78 is 53.0. The maximum atomic E-state index is 13.5. The van der Waals surface area contributed by atoms with Gasteiger partial charge in [0.2, 0.25) is 0 Å². The Morgan fingerprint density at radius 3 is 1.95 bits per heavy atom. The molecular formula is C13H17F4NO. The third-order valence-corrected chi connectivity index (χ3v) is 2.93. The van der Waals surface area contributed by atoms with E-state index in [0.717, 1.165) is 0 Å². The maximum absolute atomic E-state index is 13.5. The second-order valence-corrected chi connectivity index (χ2v) is 4.95. The molecule has 2 atom stereocenters. The van der Waals surface area contributed by atoms with Crippen LogP contribution in [0.4, 0.5) is 17.6 Å². The first kappa shape index (κ1) is 15.9. The van der Waals surface area contributed by atoms with Crippen LogP contribution < -0.4 is 5.73 Å². The lowest BCUT2D eigenvalue weighted by Crippen LogP contribution is -2.29. The average molecular weight is 279 g/mol. The molecule has 6 heteroatoms. The Morgan fingerprint density at radius 1 is 1.05 bits per heavy atom. The van der Waals surface area contributed by atoms with Crippen molar-refractivity contribution < 1.29 is 22.7 Å². The number of aliphatic hydroxyl groups excluding tert-OH is 1. The number of hydrogen-bond acceptors (Lipinski definition) is 2. The van der Waals surface area contributed by atoms with Crippen LogP contribution in [0.3, 0.4) is 0 Å². The Hall–Kier alpha value is -1.14. The van der Waals surface area contributed by atoms with Gasteiger partial charge in [-0.25, -0.2) is 17.6 Å². The van der Waals surface area contributed by atoms with E-state index in [4.69, 9.17) is 5.73 Å². The molecule has 0 aliphatic carbocycles. The minimum Gasteiger partial charge on any atom is -0.391 e. The van der Waals surface area contributed by atoms with Crippen molar-refractivity contribution in [3.8, 4) is 0 Å². The molecule has 0 aliphatic heterocycles. The molecule has 0 bridgehead atoms. The molecule has 0 fully saturated rings. The number of aliphatic hydroxyl groups is 1. The van der Waals surface area contributed by atoms with Gasteiger partial charge in [0.1, 0.15) is 0 Å². The lowest BCUT2D eigenvalue weighted by Gasteiger charge is -2.21. The molecule has 3 N–H and O–H groups in total. The highest BCUT2D eigenvalue weighted by Gasteiger charge is 2.28. The van der Waals surface area contributed by atoms with Crippen molar-refractivity contribution in [1.82, 2.24) is 0 Å². The van der Waals surface area contributed by atoms with Crippen LogP contribution in [0.1, 0.15) is 38.3 Å². The van der Waals surface area contributed by atoms with Crippen LogP contribution in [-0.2, 0) is 0 Å². The summed E-state index contributed by atoms with van der Waals surface area (Å²) >= 11 is 0. The summed E-state index contributed by atoms with van der Waals surface area (Å²) in [5.74, 6) is -5.91. The zero-order valence-electron chi connectivity index (χ0n) is 10.8. The van der Waals surface area contributed by atoms with Crippen molar-refractivity contribution in [1.29, 1.82) is 0 Å². The molecule has 0 spiro atoms. The predicted molar refractivity (Wildman–Crippen MR) is 63.3 cm³/mol. The molecule has 19 heavy (non-hydrogen) atoms. The molecule has 1 aromatic rings. The molecule has 0 saturated heterocycles.